The highest BCUT2D eigenvalue weighted by atomic mass is 14.9. The van der Waals surface area contributed by atoms with Crippen molar-refractivity contribution in [1.82, 2.24) is 13.2 Å². The number of nitrogens with zero attached hydrogens (tertiary/aromatic N) is 3. The molecule has 6 aromatic heterocycles. The first kappa shape index (κ1) is 77.0. The minimum absolute atomic E-state index is 0.0968. The number of hydrogen-bond donors (Lipinski definition) is 0. The zero-order chi connectivity index (χ0) is 85.2. The van der Waals surface area contributed by atoms with Crippen molar-refractivity contribution in [2.45, 2.75) is 166 Å². The van der Waals surface area contributed by atoms with Crippen LogP contribution in [0.3, 0.4) is 0 Å². The van der Waals surface area contributed by atoms with E-state index < -0.39 is 0 Å². The zero-order valence-corrected chi connectivity index (χ0v) is 74.9. The molecule has 0 aliphatic heterocycles. The fraction of sp³-hybridized carbons (Fsp3) is 0.207. The first-order chi connectivity index (χ1) is 59.7. The summed E-state index contributed by atoms with van der Waals surface area (Å²) in [5.74, 6) is 3.05. The SMILES string of the molecule is CC(C)c1ccc2cc3c(cc2c1)c1cc(-c2cccc(C(C)(C)C)c2)cc2c4cc5cc(C(C)C)ccc5cc4n3c12.Cc1cccc(C)c1-c1cc2c3cc4cc(C(C)C)ccc4cc3n3c4cc5ccc(C(C)C)cc5cc4c(c1)c23.Cc1ccccc1-c1cc2c3cc4cc(C(C)C)ccc4cc3n3c4cc5ccc(C(C)C)cc5cc4c(c1)c23. The summed E-state index contributed by atoms with van der Waals surface area (Å²) in [6.45, 7) is 40.9. The van der Waals surface area contributed by atoms with E-state index in [9.17, 15) is 0 Å². The molecule has 0 fully saturated rings. The van der Waals surface area contributed by atoms with Crippen molar-refractivity contribution in [1.29, 1.82) is 0 Å². The zero-order valence-electron chi connectivity index (χ0n) is 74.9. The summed E-state index contributed by atoms with van der Waals surface area (Å²) in [5.41, 5.74) is 33.3. The van der Waals surface area contributed by atoms with Crippen LogP contribution in [0.2, 0.25) is 0 Å². The third-order valence-electron chi connectivity index (χ3n) is 28.3. The van der Waals surface area contributed by atoms with E-state index in [0.717, 1.165) is 0 Å². The molecule has 0 atom stereocenters. The van der Waals surface area contributed by atoms with E-state index in [1.807, 2.05) is 0 Å². The third-order valence-corrected chi connectivity index (χ3v) is 28.3. The highest BCUT2D eigenvalue weighted by Gasteiger charge is 2.27. The lowest BCUT2D eigenvalue weighted by atomic mass is 9.85. The average Bonchev–Trinajstić information content (AvgIpc) is 1.57. The van der Waals surface area contributed by atoms with Gasteiger partial charge in [0.05, 0.1) is 49.7 Å². The predicted octanol–water partition coefficient (Wildman–Crippen LogP) is 35.4. The molecule has 6 heterocycles. The first-order valence-electron chi connectivity index (χ1n) is 45.4. The van der Waals surface area contributed by atoms with Crippen molar-refractivity contribution in [3.63, 3.8) is 0 Å². The lowest BCUT2D eigenvalue weighted by Crippen LogP contribution is -2.10. The Bertz CT molecular complexity index is 8140. The summed E-state index contributed by atoms with van der Waals surface area (Å²) in [4.78, 5) is 0. The molecular formula is C121H107N3. The van der Waals surface area contributed by atoms with E-state index in [4.69, 9.17) is 0 Å². The maximum atomic E-state index is 2.54. The quantitative estimate of drug-likeness (QED) is 0.137. The Morgan fingerprint density at radius 2 is 0.460 bits per heavy atom. The predicted molar refractivity (Wildman–Crippen MR) is 542 cm³/mol. The van der Waals surface area contributed by atoms with Gasteiger partial charge in [-0.15, -0.1) is 0 Å². The molecule has 0 radical (unpaired) electrons. The molecule has 24 aromatic rings. The third kappa shape index (κ3) is 12.2. The normalized spacial score (nSPS) is 12.7. The number of fused-ring (bicyclic) bond motifs is 24. The number of aryl methyl sites for hydroxylation is 3. The van der Waals surface area contributed by atoms with Gasteiger partial charge in [-0.1, -0.05) is 280 Å². The number of benzene rings is 18. The molecule has 0 bridgehead atoms. The Hall–Kier alpha value is -13.1. The van der Waals surface area contributed by atoms with E-state index in [0.29, 0.717) is 35.5 Å². The fourth-order valence-electron chi connectivity index (χ4n) is 21.2. The largest absolute Gasteiger partial charge is 0.308 e. The molecule has 0 aliphatic carbocycles. The molecule has 124 heavy (non-hydrogen) atoms. The fourth-order valence-corrected chi connectivity index (χ4v) is 21.2. The van der Waals surface area contributed by atoms with Crippen LogP contribution < -0.4 is 0 Å². The van der Waals surface area contributed by atoms with E-state index >= 15 is 0 Å². The van der Waals surface area contributed by atoms with E-state index in [1.165, 1.54) is 268 Å². The Labute approximate surface area is 726 Å². The van der Waals surface area contributed by atoms with Crippen LogP contribution in [0.4, 0.5) is 0 Å². The standard InChI is InChI=1S/C42H39N.C40H35N.C39H33N/c1-24(2)26-11-13-29-22-39-35(18-31(29)15-26)37-20-33(28-9-8-10-34(17-28)42(5,6)7)21-38-36-19-32-16-27(25(3)4)12-14-30(32)23-40(36)43(39)41(37)38;1-22(2)26-10-12-28-20-37-33(16-30(28)14-26)35-18-32(39-24(5)8-7-9-25(39)6)19-36-34-17-31-15-27(23(3)4)11-13-29(31)21-38(34)41(37)40(35)36;1-22(2)25-10-12-27-20-37-33(16-29(27)14-25)35-18-31(32-9-7-6-8-24(32)5)19-36-34-17-30-15-26(23(3)4)11-13-28(30)21-38(34)40(37)39(35)36/h8-25H,1-7H3;7-23H,1-6H3;6-23H,1-5H3. The van der Waals surface area contributed by atoms with Gasteiger partial charge in [-0.05, 0) is 325 Å². The van der Waals surface area contributed by atoms with Crippen molar-refractivity contribution in [3.8, 4) is 33.4 Å². The average molecular weight is 1600 g/mol. The van der Waals surface area contributed by atoms with Crippen molar-refractivity contribution in [3.05, 3.63) is 341 Å². The second-order valence-corrected chi connectivity index (χ2v) is 39.5. The van der Waals surface area contributed by atoms with Gasteiger partial charge in [0, 0.05) is 64.6 Å². The smallest absolute Gasteiger partial charge is 0.0620 e. The van der Waals surface area contributed by atoms with Crippen molar-refractivity contribution in [2.24, 2.45) is 0 Å². The highest BCUT2D eigenvalue weighted by Crippen LogP contribution is 2.50. The second kappa shape index (κ2) is 28.5. The minimum atomic E-state index is 0.0968. The van der Waals surface area contributed by atoms with Crippen LogP contribution >= 0.6 is 0 Å². The van der Waals surface area contributed by atoms with Crippen LogP contribution in [-0.4, -0.2) is 13.2 Å². The summed E-state index contributed by atoms with van der Waals surface area (Å²) in [6, 6.07) is 110. The topological polar surface area (TPSA) is 13.2 Å². The van der Waals surface area contributed by atoms with Crippen LogP contribution in [0.15, 0.2) is 285 Å². The van der Waals surface area contributed by atoms with Gasteiger partial charge in [0.1, 0.15) is 0 Å². The molecule has 24 rings (SSSR count). The molecule has 606 valence electrons. The van der Waals surface area contributed by atoms with E-state index in [2.05, 4.69) is 423 Å². The van der Waals surface area contributed by atoms with Gasteiger partial charge in [-0.2, -0.15) is 0 Å². The maximum absolute atomic E-state index is 2.54. The molecule has 3 nitrogen and oxygen atoms in total. The number of hydrogen-bond acceptors (Lipinski definition) is 0. The Kier molecular flexibility index (Phi) is 17.7. The summed E-state index contributed by atoms with van der Waals surface area (Å²) in [7, 11) is 0. The molecular weight excluding hydrogens is 1500 g/mol. The lowest BCUT2D eigenvalue weighted by Gasteiger charge is -2.20. The molecule has 3 heteroatoms. The monoisotopic (exact) mass is 1600 g/mol. The molecule has 0 saturated heterocycles. The van der Waals surface area contributed by atoms with Crippen LogP contribution in [-0.2, 0) is 5.41 Å². The van der Waals surface area contributed by atoms with Crippen molar-refractivity contribution < 1.29 is 0 Å². The van der Waals surface area contributed by atoms with Crippen LogP contribution in [0, 0.1) is 20.8 Å². The Morgan fingerprint density at radius 3 is 0.734 bits per heavy atom. The summed E-state index contributed by atoms with van der Waals surface area (Å²) >= 11 is 0. The number of rotatable bonds is 9. The van der Waals surface area contributed by atoms with E-state index in [-0.39, 0.29) is 5.41 Å². The van der Waals surface area contributed by atoms with Crippen molar-refractivity contribution >= 4 is 179 Å². The van der Waals surface area contributed by atoms with E-state index in [1.54, 1.807) is 0 Å². The molecule has 0 unspecified atom stereocenters. The second-order valence-electron chi connectivity index (χ2n) is 39.5. The molecule has 0 aliphatic rings. The van der Waals surface area contributed by atoms with Gasteiger partial charge in [-0.3, -0.25) is 0 Å². The van der Waals surface area contributed by atoms with Crippen LogP contribution in [0.5, 0.6) is 0 Å². The summed E-state index contributed by atoms with van der Waals surface area (Å²) in [6.07, 6.45) is 0. The van der Waals surface area contributed by atoms with Gasteiger partial charge >= 0.3 is 0 Å². The Morgan fingerprint density at radius 1 is 0.202 bits per heavy atom. The van der Waals surface area contributed by atoms with Crippen molar-refractivity contribution in [2.75, 3.05) is 0 Å². The van der Waals surface area contributed by atoms with Gasteiger partial charge in [0.25, 0.3) is 0 Å². The molecule has 0 amide bonds. The summed E-state index contributed by atoms with van der Waals surface area (Å²) < 4.78 is 7.61. The van der Waals surface area contributed by atoms with Gasteiger partial charge in [-0.25, -0.2) is 0 Å². The molecule has 0 saturated carbocycles. The highest BCUT2D eigenvalue weighted by molar-refractivity contribution is 6.31. The molecule has 0 N–H and O–H groups in total. The van der Waals surface area contributed by atoms with Gasteiger partial charge < -0.3 is 13.2 Å². The lowest BCUT2D eigenvalue weighted by molar-refractivity contribution is 0.590. The van der Waals surface area contributed by atoms with Crippen LogP contribution in [0.1, 0.15) is 195 Å². The minimum Gasteiger partial charge on any atom is -0.308 e. The van der Waals surface area contributed by atoms with Gasteiger partial charge in [0.15, 0.2) is 0 Å². The molecule has 18 aromatic carbocycles. The van der Waals surface area contributed by atoms with Crippen LogP contribution in [0.25, 0.3) is 212 Å². The van der Waals surface area contributed by atoms with Gasteiger partial charge in [0.2, 0.25) is 0 Å². The Balaban J connectivity index is 0.000000111. The maximum Gasteiger partial charge on any atom is 0.0620 e. The first-order valence-corrected chi connectivity index (χ1v) is 45.4. The molecule has 0 spiro atoms. The summed E-state index contributed by atoms with van der Waals surface area (Å²) in [5, 5.41) is 31.8. The number of aromatic nitrogens is 3.